The Bertz CT molecular complexity index is 1080. The fourth-order valence-electron chi connectivity index (χ4n) is 11.1. The third-order valence-corrected chi connectivity index (χ3v) is 13.9. The van der Waals surface area contributed by atoms with Crippen LogP contribution in [0.4, 0.5) is 0 Å². The van der Waals surface area contributed by atoms with E-state index in [0.717, 1.165) is 32.1 Å². The summed E-state index contributed by atoms with van der Waals surface area (Å²) < 4.78 is 24.4. The van der Waals surface area contributed by atoms with Gasteiger partial charge < -0.3 is 54.7 Å². The smallest absolute Gasteiger partial charge is 0.161 e. The zero-order valence-corrected chi connectivity index (χ0v) is 27.9. The molecule has 7 N–H and O–H groups in total. The molecule has 17 atom stereocenters. The molecule has 0 spiro atoms. The highest BCUT2D eigenvalue weighted by Gasteiger charge is 2.70. The molecule has 11 nitrogen and oxygen atoms in total. The lowest BCUT2D eigenvalue weighted by atomic mass is 9.42. The van der Waals surface area contributed by atoms with Crippen molar-refractivity contribution in [1.29, 1.82) is 0 Å². The predicted molar refractivity (Wildman–Crippen MR) is 166 cm³/mol. The average molecular weight is 655 g/mol. The fraction of sp³-hybridized carbons (Fsp3) is 0.943. The normalized spacial score (nSPS) is 54.5. The fourth-order valence-corrected chi connectivity index (χ4v) is 11.1. The van der Waals surface area contributed by atoms with E-state index in [1.165, 1.54) is 0 Å². The van der Waals surface area contributed by atoms with Crippen molar-refractivity contribution < 1.29 is 54.7 Å². The minimum absolute atomic E-state index is 0.0240. The molecule has 0 radical (unpaired) electrons. The first kappa shape index (κ1) is 35.1. The van der Waals surface area contributed by atoms with E-state index in [2.05, 4.69) is 6.92 Å². The maximum absolute atomic E-state index is 12.5. The Morgan fingerprint density at radius 1 is 0.804 bits per heavy atom. The van der Waals surface area contributed by atoms with Crippen molar-refractivity contribution in [3.8, 4) is 0 Å². The van der Waals surface area contributed by atoms with Crippen LogP contribution in [0.5, 0.6) is 0 Å². The van der Waals surface area contributed by atoms with Crippen molar-refractivity contribution in [1.82, 2.24) is 0 Å². The molecule has 264 valence electrons. The molecule has 4 saturated carbocycles. The van der Waals surface area contributed by atoms with Crippen LogP contribution < -0.4 is 0 Å². The Kier molecular flexibility index (Phi) is 10.1. The van der Waals surface area contributed by atoms with Gasteiger partial charge >= 0.3 is 0 Å². The molecule has 0 aromatic heterocycles. The molecule has 4 unspecified atom stereocenters. The first-order valence-corrected chi connectivity index (χ1v) is 17.7. The number of hydrogen-bond acceptors (Lipinski definition) is 11. The molecule has 46 heavy (non-hydrogen) atoms. The Balaban J connectivity index is 1.08. The van der Waals surface area contributed by atoms with E-state index < -0.39 is 66.3 Å². The van der Waals surface area contributed by atoms with Gasteiger partial charge in [0.2, 0.25) is 0 Å². The van der Waals surface area contributed by atoms with Crippen molar-refractivity contribution in [3.63, 3.8) is 0 Å². The summed E-state index contributed by atoms with van der Waals surface area (Å²) in [7, 11) is 0. The van der Waals surface area contributed by atoms with Gasteiger partial charge in [-0.25, -0.2) is 0 Å². The van der Waals surface area contributed by atoms with Gasteiger partial charge in [0.15, 0.2) is 12.6 Å². The van der Waals surface area contributed by atoms with Gasteiger partial charge in [0.05, 0.1) is 55.4 Å². The number of hydrogen-bond donors (Lipinski definition) is 7. The topological polar surface area (TPSA) is 179 Å². The van der Waals surface area contributed by atoms with Gasteiger partial charge in [0.1, 0.15) is 12.2 Å². The highest BCUT2D eigenvalue weighted by molar-refractivity contribution is 5.26. The molecule has 0 aromatic rings. The maximum Gasteiger partial charge on any atom is 0.161 e. The van der Waals surface area contributed by atoms with E-state index in [0.29, 0.717) is 30.8 Å². The van der Waals surface area contributed by atoms with Crippen LogP contribution in [0.3, 0.4) is 0 Å². The maximum atomic E-state index is 12.5. The van der Waals surface area contributed by atoms with Crippen LogP contribution in [-0.2, 0) is 18.9 Å². The lowest BCUT2D eigenvalue weighted by molar-refractivity contribution is -0.318. The highest BCUT2D eigenvalue weighted by Crippen LogP contribution is 2.69. The van der Waals surface area contributed by atoms with Gasteiger partial charge in [-0.2, -0.15) is 0 Å². The molecule has 0 amide bonds. The molecule has 6 rings (SSSR count). The molecule has 0 bridgehead atoms. The molecule has 6 fully saturated rings. The third-order valence-electron chi connectivity index (χ3n) is 13.9. The lowest BCUT2D eigenvalue weighted by Crippen LogP contribution is -2.67. The molecule has 6 aliphatic rings. The zero-order chi connectivity index (χ0) is 33.2. The van der Waals surface area contributed by atoms with Crippen LogP contribution in [0.25, 0.3) is 0 Å². The third kappa shape index (κ3) is 5.73. The van der Waals surface area contributed by atoms with E-state index in [1.54, 1.807) is 13.0 Å². The summed E-state index contributed by atoms with van der Waals surface area (Å²) in [4.78, 5) is 0. The summed E-state index contributed by atoms with van der Waals surface area (Å²) in [6, 6.07) is 0. The van der Waals surface area contributed by atoms with Gasteiger partial charge in [-0.3, -0.25) is 0 Å². The molecule has 4 aliphatic carbocycles. The molecule has 0 aromatic carbocycles. The van der Waals surface area contributed by atoms with E-state index in [4.69, 9.17) is 18.9 Å². The summed E-state index contributed by atoms with van der Waals surface area (Å²) in [6.07, 6.45) is 1.83. The first-order chi connectivity index (χ1) is 21.8. The summed E-state index contributed by atoms with van der Waals surface area (Å²) in [5, 5.41) is 75.0. The second-order valence-electron chi connectivity index (χ2n) is 15.9. The quantitative estimate of drug-likeness (QED) is 0.157. The molecule has 2 heterocycles. The first-order valence-electron chi connectivity index (χ1n) is 17.7. The highest BCUT2D eigenvalue weighted by atomic mass is 16.7. The Hall–Kier alpha value is -0.700. The second-order valence-corrected chi connectivity index (χ2v) is 15.9. The summed E-state index contributed by atoms with van der Waals surface area (Å²) >= 11 is 0. The molecule has 11 heteroatoms. The van der Waals surface area contributed by atoms with E-state index in [-0.39, 0.29) is 55.3 Å². The Morgan fingerprint density at radius 2 is 1.50 bits per heavy atom. The van der Waals surface area contributed by atoms with E-state index in [1.807, 2.05) is 13.8 Å². The van der Waals surface area contributed by atoms with E-state index in [9.17, 15) is 35.7 Å². The van der Waals surface area contributed by atoms with Gasteiger partial charge in [-0.1, -0.05) is 19.9 Å². The van der Waals surface area contributed by atoms with Crippen molar-refractivity contribution >= 4 is 0 Å². The molecule has 2 saturated heterocycles. The molecule has 2 aliphatic heterocycles. The van der Waals surface area contributed by atoms with Crippen LogP contribution in [0, 0.1) is 34.5 Å². The molecular weight excluding hydrogens is 596 g/mol. The van der Waals surface area contributed by atoms with Crippen molar-refractivity contribution in [2.24, 2.45) is 34.5 Å². The number of fused-ring (bicyclic) bond motifs is 5. The van der Waals surface area contributed by atoms with Crippen LogP contribution in [0.1, 0.15) is 91.9 Å². The summed E-state index contributed by atoms with van der Waals surface area (Å²) in [6.45, 7) is 7.50. The van der Waals surface area contributed by atoms with Gasteiger partial charge in [0.25, 0.3) is 0 Å². The second kappa shape index (κ2) is 13.2. The van der Waals surface area contributed by atoms with Gasteiger partial charge in [-0.05, 0) is 99.9 Å². The van der Waals surface area contributed by atoms with Gasteiger partial charge in [-0.15, -0.1) is 0 Å². The minimum Gasteiger partial charge on any atom is -0.392 e. The monoisotopic (exact) mass is 654 g/mol. The lowest BCUT2D eigenvalue weighted by Gasteiger charge is -2.65. The molecular formula is C35H58O11. The number of aliphatic hydroxyl groups is 7. The zero-order valence-electron chi connectivity index (χ0n) is 27.9. The van der Waals surface area contributed by atoms with Crippen LogP contribution in [0.15, 0.2) is 11.6 Å². The largest absolute Gasteiger partial charge is 0.392 e. The Labute approximate surface area is 272 Å². The minimum atomic E-state index is -1.04. The Morgan fingerprint density at radius 3 is 2.17 bits per heavy atom. The van der Waals surface area contributed by atoms with Crippen LogP contribution >= 0.6 is 0 Å². The van der Waals surface area contributed by atoms with Crippen molar-refractivity contribution in [2.75, 3.05) is 13.2 Å². The average Bonchev–Trinajstić information content (AvgIpc) is 3.29. The van der Waals surface area contributed by atoms with Gasteiger partial charge in [0, 0.05) is 18.3 Å². The van der Waals surface area contributed by atoms with Crippen molar-refractivity contribution in [2.45, 2.75) is 159 Å². The summed E-state index contributed by atoms with van der Waals surface area (Å²) in [5.74, 6) is 0.445. The number of aliphatic hydroxyl groups excluding tert-OH is 6. The van der Waals surface area contributed by atoms with Crippen molar-refractivity contribution in [3.05, 3.63) is 11.6 Å². The van der Waals surface area contributed by atoms with Crippen LogP contribution in [-0.4, -0.2) is 116 Å². The SMILES string of the molecule is CC1O[C@H](OC2C(C)O[C@@H](O[C@H]3CC[C@@]4(C)[C@H](CC[C@@H]5[C@@H]4C[C@@H](O)[C@]4(C)[C@@H](/C(=C/CO)CO)CC[C@]54O)C3)C[C@H]2O)C[C@@H](O)C1O. The standard InChI is InChI=1S/C35H58O11/c1-18-31(41)26(38)15-30(43-18)46-32-19(2)44-29(16-27(32)39)45-22-7-10-33(3)21(13-22)5-6-24-25(33)14-28(40)34(4)23(8-11-35(24,34)42)20(17-37)9-12-36/h9,18-19,21-32,36-42H,5-8,10-17H2,1-4H3/b20-9+/t18?,19?,21-,22+,23-,24-,25+,26-,27-,28-,29+,30-,31?,32?,33+,34+,35+/m1/s1. The number of ether oxygens (including phenoxy) is 4. The predicted octanol–water partition coefficient (Wildman–Crippen LogP) is 1.76. The summed E-state index contributed by atoms with van der Waals surface area (Å²) in [5.41, 5.74) is -1.14. The number of rotatable bonds is 7. The van der Waals surface area contributed by atoms with E-state index >= 15 is 0 Å². The van der Waals surface area contributed by atoms with Crippen LogP contribution in [0.2, 0.25) is 0 Å².